The Morgan fingerprint density at radius 1 is 1.15 bits per heavy atom. The van der Waals surface area contributed by atoms with Gasteiger partial charge >= 0.3 is 0 Å². The highest BCUT2D eigenvalue weighted by Gasteiger charge is 2.54. The number of hydrogen-bond acceptors (Lipinski definition) is 2. The second-order valence-electron chi connectivity index (χ2n) is 9.27. The molecule has 0 spiro atoms. The Kier molecular flexibility index (Phi) is 3.70. The zero-order valence-corrected chi connectivity index (χ0v) is 15.9. The zero-order chi connectivity index (χ0) is 17.9. The van der Waals surface area contributed by atoms with Crippen LogP contribution in [-0.4, -0.2) is 11.9 Å². The minimum atomic E-state index is -0.0266. The number of carbonyl (C=O) groups is 1. The fraction of sp³-hybridized carbons (Fsp3) is 0.609. The Bertz CT molecular complexity index is 814. The highest BCUT2D eigenvalue weighted by Crippen LogP contribution is 2.61. The molecule has 138 valence electrons. The van der Waals surface area contributed by atoms with Crippen LogP contribution in [0.2, 0.25) is 0 Å². The number of benzene rings is 1. The standard InChI is InChI=1S/C23H29NO2/c1-3-20(23-11-15-8-16(12-23)10-17(9-15)13-23)24-22(25)21-14(2)18-6-4-5-7-19(18)26-21/h4-7,15-17,20H,3,8-13H2,1-2H3,(H,24,25)/t15?,16?,17?,20-,23?/m0/s1. The summed E-state index contributed by atoms with van der Waals surface area (Å²) >= 11 is 0. The lowest BCUT2D eigenvalue weighted by molar-refractivity contribution is -0.0728. The predicted molar refractivity (Wildman–Crippen MR) is 103 cm³/mol. The first-order valence-electron chi connectivity index (χ1n) is 10.4. The summed E-state index contributed by atoms with van der Waals surface area (Å²) in [4.78, 5) is 13.1. The SMILES string of the molecule is CC[C@H](NC(=O)c1oc2ccccc2c1C)C12CC3CC(CC(C3)C1)C2. The van der Waals surface area contributed by atoms with Crippen molar-refractivity contribution >= 4 is 16.9 Å². The lowest BCUT2D eigenvalue weighted by atomic mass is 9.47. The van der Waals surface area contributed by atoms with Gasteiger partial charge in [0.2, 0.25) is 0 Å². The number of para-hydroxylation sites is 1. The number of aryl methyl sites for hydroxylation is 1. The van der Waals surface area contributed by atoms with Crippen LogP contribution >= 0.6 is 0 Å². The van der Waals surface area contributed by atoms with E-state index in [1.807, 2.05) is 31.2 Å². The van der Waals surface area contributed by atoms with Crippen LogP contribution in [0.25, 0.3) is 11.0 Å². The van der Waals surface area contributed by atoms with Crippen molar-refractivity contribution in [2.24, 2.45) is 23.2 Å². The van der Waals surface area contributed by atoms with E-state index in [9.17, 15) is 4.79 Å². The summed E-state index contributed by atoms with van der Waals surface area (Å²) in [6.07, 6.45) is 9.27. The van der Waals surface area contributed by atoms with Gasteiger partial charge in [0.1, 0.15) is 5.58 Å². The molecule has 3 heteroatoms. The molecule has 3 nitrogen and oxygen atoms in total. The summed E-state index contributed by atoms with van der Waals surface area (Å²) in [6.45, 7) is 4.22. The second kappa shape index (κ2) is 5.87. The van der Waals surface area contributed by atoms with Crippen LogP contribution in [0.4, 0.5) is 0 Å². The van der Waals surface area contributed by atoms with E-state index in [2.05, 4.69) is 12.2 Å². The van der Waals surface area contributed by atoms with Crippen LogP contribution < -0.4 is 5.32 Å². The van der Waals surface area contributed by atoms with Gasteiger partial charge < -0.3 is 9.73 Å². The predicted octanol–water partition coefficient (Wildman–Crippen LogP) is 5.47. The van der Waals surface area contributed by atoms with E-state index < -0.39 is 0 Å². The van der Waals surface area contributed by atoms with E-state index in [1.165, 1.54) is 38.5 Å². The van der Waals surface area contributed by atoms with E-state index in [0.29, 0.717) is 11.2 Å². The monoisotopic (exact) mass is 351 g/mol. The van der Waals surface area contributed by atoms with Gasteiger partial charge in [-0.2, -0.15) is 0 Å². The average Bonchev–Trinajstić information content (AvgIpc) is 2.95. The first kappa shape index (κ1) is 16.4. The topological polar surface area (TPSA) is 42.2 Å². The van der Waals surface area contributed by atoms with Gasteiger partial charge in [-0.3, -0.25) is 4.79 Å². The van der Waals surface area contributed by atoms with Crippen molar-refractivity contribution in [3.05, 3.63) is 35.6 Å². The Balaban J connectivity index is 1.42. The Morgan fingerprint density at radius 3 is 2.35 bits per heavy atom. The van der Waals surface area contributed by atoms with Gasteiger partial charge in [0.25, 0.3) is 5.91 Å². The number of hydrogen-bond donors (Lipinski definition) is 1. The molecule has 4 aliphatic carbocycles. The zero-order valence-electron chi connectivity index (χ0n) is 15.9. The van der Waals surface area contributed by atoms with E-state index in [1.54, 1.807) is 0 Å². The average molecular weight is 351 g/mol. The van der Waals surface area contributed by atoms with Crippen LogP contribution in [0.3, 0.4) is 0 Å². The van der Waals surface area contributed by atoms with Gasteiger partial charge in [-0.1, -0.05) is 25.1 Å². The van der Waals surface area contributed by atoms with Crippen molar-refractivity contribution in [1.82, 2.24) is 5.32 Å². The lowest BCUT2D eigenvalue weighted by Gasteiger charge is -2.59. The quantitative estimate of drug-likeness (QED) is 0.794. The number of amides is 1. The van der Waals surface area contributed by atoms with Gasteiger partial charge in [0.05, 0.1) is 0 Å². The first-order valence-corrected chi connectivity index (χ1v) is 10.4. The van der Waals surface area contributed by atoms with Crippen LogP contribution in [0.1, 0.15) is 68.0 Å². The molecule has 1 amide bonds. The summed E-state index contributed by atoms with van der Waals surface area (Å²) in [6, 6.07) is 8.20. The molecule has 0 unspecified atom stereocenters. The Hall–Kier alpha value is -1.77. The molecule has 1 aromatic heterocycles. The summed E-state index contributed by atoms with van der Waals surface area (Å²) in [7, 11) is 0. The number of furan rings is 1. The maximum atomic E-state index is 13.1. The summed E-state index contributed by atoms with van der Waals surface area (Å²) in [5.41, 5.74) is 2.09. The van der Waals surface area contributed by atoms with Crippen LogP contribution in [0.5, 0.6) is 0 Å². The van der Waals surface area contributed by atoms with Crippen LogP contribution in [0.15, 0.2) is 28.7 Å². The molecular formula is C23H29NO2. The highest BCUT2D eigenvalue weighted by atomic mass is 16.3. The maximum Gasteiger partial charge on any atom is 0.287 e. The van der Waals surface area contributed by atoms with Crippen molar-refractivity contribution in [3.8, 4) is 0 Å². The highest BCUT2D eigenvalue weighted by molar-refractivity contribution is 5.99. The molecule has 4 fully saturated rings. The molecule has 4 aliphatic rings. The van der Waals surface area contributed by atoms with Crippen molar-refractivity contribution < 1.29 is 9.21 Å². The molecule has 1 heterocycles. The largest absolute Gasteiger partial charge is 0.451 e. The van der Waals surface area contributed by atoms with E-state index in [0.717, 1.165) is 40.7 Å². The van der Waals surface area contributed by atoms with E-state index >= 15 is 0 Å². The molecule has 4 bridgehead atoms. The van der Waals surface area contributed by atoms with Gasteiger partial charge in [0, 0.05) is 17.0 Å². The fourth-order valence-corrected chi connectivity index (χ4v) is 6.91. The van der Waals surface area contributed by atoms with Crippen molar-refractivity contribution in [3.63, 3.8) is 0 Å². The van der Waals surface area contributed by atoms with Crippen LogP contribution in [0, 0.1) is 30.1 Å². The van der Waals surface area contributed by atoms with E-state index in [-0.39, 0.29) is 11.9 Å². The summed E-state index contributed by atoms with van der Waals surface area (Å²) < 4.78 is 5.91. The second-order valence-corrected chi connectivity index (χ2v) is 9.27. The van der Waals surface area contributed by atoms with E-state index in [4.69, 9.17) is 4.42 Å². The molecule has 1 aromatic carbocycles. The third kappa shape index (κ3) is 2.43. The Labute approximate surface area is 155 Å². The van der Waals surface area contributed by atoms with Gasteiger partial charge in [0.15, 0.2) is 5.76 Å². The number of rotatable bonds is 4. The Morgan fingerprint density at radius 2 is 1.77 bits per heavy atom. The number of fused-ring (bicyclic) bond motifs is 1. The molecule has 1 atom stereocenters. The normalized spacial score (nSPS) is 33.5. The van der Waals surface area contributed by atoms with Crippen molar-refractivity contribution in [2.45, 2.75) is 64.8 Å². The molecule has 1 N–H and O–H groups in total. The number of carbonyl (C=O) groups excluding carboxylic acids is 1. The summed E-state index contributed by atoms with van der Waals surface area (Å²) in [5.74, 6) is 3.18. The molecule has 0 saturated heterocycles. The molecule has 6 rings (SSSR count). The third-order valence-electron chi connectivity index (χ3n) is 7.59. The third-order valence-corrected chi connectivity index (χ3v) is 7.59. The number of nitrogens with one attached hydrogen (secondary N) is 1. The molecule has 2 aromatic rings. The molecular weight excluding hydrogens is 322 g/mol. The van der Waals surface area contributed by atoms with Crippen molar-refractivity contribution in [1.29, 1.82) is 0 Å². The minimum absolute atomic E-state index is 0.0266. The lowest BCUT2D eigenvalue weighted by Crippen LogP contribution is -2.56. The molecule has 0 aliphatic heterocycles. The van der Waals surface area contributed by atoms with Crippen LogP contribution in [-0.2, 0) is 0 Å². The molecule has 0 radical (unpaired) electrons. The minimum Gasteiger partial charge on any atom is -0.451 e. The maximum absolute atomic E-state index is 13.1. The van der Waals surface area contributed by atoms with Gasteiger partial charge in [-0.15, -0.1) is 0 Å². The smallest absolute Gasteiger partial charge is 0.287 e. The fourth-order valence-electron chi connectivity index (χ4n) is 6.91. The summed E-state index contributed by atoms with van der Waals surface area (Å²) in [5, 5.41) is 4.45. The van der Waals surface area contributed by atoms with Gasteiger partial charge in [-0.05, 0) is 81.1 Å². The first-order chi connectivity index (χ1) is 12.6. The molecule has 26 heavy (non-hydrogen) atoms. The van der Waals surface area contributed by atoms with Gasteiger partial charge in [-0.25, -0.2) is 0 Å². The molecule has 4 saturated carbocycles. The van der Waals surface area contributed by atoms with Crippen molar-refractivity contribution in [2.75, 3.05) is 0 Å².